The maximum Gasteiger partial charge on any atom is 0.244 e. The van der Waals surface area contributed by atoms with Gasteiger partial charge in [-0.05, 0) is 35.4 Å². The summed E-state index contributed by atoms with van der Waals surface area (Å²) >= 11 is 7.25. The third-order valence-electron chi connectivity index (χ3n) is 3.82. The van der Waals surface area contributed by atoms with Crippen molar-refractivity contribution < 1.29 is 8.42 Å². The molecular weight excluding hydrogens is 326 g/mol. The molecule has 0 amide bonds. The van der Waals surface area contributed by atoms with Crippen LogP contribution in [0.4, 0.5) is 0 Å². The van der Waals surface area contributed by atoms with Crippen LogP contribution in [0.2, 0.25) is 0 Å². The quantitative estimate of drug-likeness (QED) is 0.803. The highest BCUT2D eigenvalue weighted by molar-refractivity contribution is 7.89. The fourth-order valence-electron chi connectivity index (χ4n) is 2.68. The third kappa shape index (κ3) is 2.88. The average molecular weight is 342 g/mol. The van der Waals surface area contributed by atoms with Crippen LogP contribution in [0.3, 0.4) is 0 Å². The summed E-state index contributed by atoms with van der Waals surface area (Å²) in [5, 5.41) is 1.79. The van der Waals surface area contributed by atoms with E-state index >= 15 is 0 Å². The normalized spacial score (nSPS) is 16.4. The minimum atomic E-state index is -3.44. The highest BCUT2D eigenvalue weighted by Gasteiger charge is 2.28. The van der Waals surface area contributed by atoms with Gasteiger partial charge >= 0.3 is 0 Å². The van der Waals surface area contributed by atoms with Crippen molar-refractivity contribution in [2.24, 2.45) is 0 Å². The van der Waals surface area contributed by atoms with Crippen molar-refractivity contribution in [3.05, 3.63) is 51.7 Å². The number of thiophene rings is 1. The van der Waals surface area contributed by atoms with Gasteiger partial charge in [0.1, 0.15) is 0 Å². The Hall–Kier alpha value is -0.880. The monoisotopic (exact) mass is 341 g/mol. The zero-order valence-electron chi connectivity index (χ0n) is 11.5. The van der Waals surface area contributed by atoms with Crippen molar-refractivity contribution in [3.63, 3.8) is 0 Å². The lowest BCUT2D eigenvalue weighted by atomic mass is 10.0. The Bertz CT molecular complexity index is 713. The first-order valence-electron chi connectivity index (χ1n) is 6.82. The van der Waals surface area contributed by atoms with Crippen LogP contribution in [-0.2, 0) is 28.7 Å². The number of sulfonamides is 1. The molecule has 0 aliphatic carbocycles. The molecule has 0 fully saturated rings. The van der Waals surface area contributed by atoms with Crippen LogP contribution in [-0.4, -0.2) is 25.8 Å². The van der Waals surface area contributed by atoms with Crippen LogP contribution >= 0.6 is 22.9 Å². The van der Waals surface area contributed by atoms with Gasteiger partial charge in [0.2, 0.25) is 10.0 Å². The summed E-state index contributed by atoms with van der Waals surface area (Å²) in [4.78, 5) is 1.09. The minimum Gasteiger partial charge on any atom is -0.207 e. The van der Waals surface area contributed by atoms with E-state index in [1.165, 1.54) is 22.5 Å². The molecule has 0 saturated heterocycles. The van der Waals surface area contributed by atoms with E-state index in [1.54, 1.807) is 15.8 Å². The molecule has 6 heteroatoms. The van der Waals surface area contributed by atoms with E-state index in [9.17, 15) is 8.42 Å². The topological polar surface area (TPSA) is 37.4 Å². The Balaban J connectivity index is 1.89. The lowest BCUT2D eigenvalue weighted by molar-refractivity contribution is 0.426. The zero-order chi connectivity index (χ0) is 14.9. The molecule has 1 aromatic carbocycles. The van der Waals surface area contributed by atoms with Crippen LogP contribution in [0.15, 0.2) is 40.6 Å². The van der Waals surface area contributed by atoms with Crippen LogP contribution < -0.4 is 0 Å². The predicted molar refractivity (Wildman–Crippen MR) is 86.5 cm³/mol. The summed E-state index contributed by atoms with van der Waals surface area (Å²) in [6.45, 7) is 1.05. The summed E-state index contributed by atoms with van der Waals surface area (Å²) < 4.78 is 27.2. The standard InChI is InChI=1S/C15H16ClNO2S2/c16-11-14-15(7-10-20-14)21(18,19)17-8-5-12-3-1-2-4-13(12)6-9-17/h1-4,7,10H,5-6,8-9,11H2. The summed E-state index contributed by atoms with van der Waals surface area (Å²) in [6, 6.07) is 9.84. The molecule has 0 unspecified atom stereocenters. The van der Waals surface area contributed by atoms with Crippen molar-refractivity contribution in [1.82, 2.24) is 4.31 Å². The van der Waals surface area contributed by atoms with E-state index < -0.39 is 10.0 Å². The van der Waals surface area contributed by atoms with Crippen molar-refractivity contribution in [3.8, 4) is 0 Å². The molecule has 0 saturated carbocycles. The second kappa shape index (κ2) is 6.08. The first-order chi connectivity index (χ1) is 10.1. The van der Waals surface area contributed by atoms with Crippen molar-refractivity contribution >= 4 is 33.0 Å². The van der Waals surface area contributed by atoms with Crippen LogP contribution in [0.5, 0.6) is 0 Å². The number of rotatable bonds is 3. The third-order valence-corrected chi connectivity index (χ3v) is 7.28. The zero-order valence-corrected chi connectivity index (χ0v) is 13.8. The van der Waals surface area contributed by atoms with Gasteiger partial charge in [0.25, 0.3) is 0 Å². The van der Waals surface area contributed by atoms with Gasteiger partial charge < -0.3 is 0 Å². The van der Waals surface area contributed by atoms with Gasteiger partial charge in [-0.1, -0.05) is 24.3 Å². The van der Waals surface area contributed by atoms with Gasteiger partial charge in [0, 0.05) is 18.0 Å². The molecule has 3 rings (SSSR count). The highest BCUT2D eigenvalue weighted by atomic mass is 35.5. The lowest BCUT2D eigenvalue weighted by Gasteiger charge is -2.19. The Morgan fingerprint density at radius 3 is 2.29 bits per heavy atom. The van der Waals surface area contributed by atoms with E-state index in [1.807, 2.05) is 12.1 Å². The Morgan fingerprint density at radius 2 is 1.71 bits per heavy atom. The molecule has 112 valence electrons. The lowest BCUT2D eigenvalue weighted by Crippen LogP contribution is -2.33. The van der Waals surface area contributed by atoms with Crippen LogP contribution in [0.25, 0.3) is 0 Å². The van der Waals surface area contributed by atoms with Gasteiger partial charge in [0.15, 0.2) is 0 Å². The summed E-state index contributed by atoms with van der Waals surface area (Å²) in [5.74, 6) is 0.236. The molecule has 3 nitrogen and oxygen atoms in total. The van der Waals surface area contributed by atoms with Gasteiger partial charge in [-0.25, -0.2) is 8.42 Å². The van der Waals surface area contributed by atoms with E-state index in [0.717, 1.165) is 17.7 Å². The maximum absolute atomic E-state index is 12.8. The average Bonchev–Trinajstić information content (AvgIpc) is 2.87. The highest BCUT2D eigenvalue weighted by Crippen LogP contribution is 2.28. The molecule has 0 atom stereocenters. The summed E-state index contributed by atoms with van der Waals surface area (Å²) in [5.41, 5.74) is 2.50. The molecule has 0 spiro atoms. The molecular formula is C15H16ClNO2S2. The minimum absolute atomic E-state index is 0.236. The molecule has 21 heavy (non-hydrogen) atoms. The van der Waals surface area contributed by atoms with Crippen molar-refractivity contribution in [2.45, 2.75) is 23.6 Å². The fourth-order valence-corrected chi connectivity index (χ4v) is 5.80. The Morgan fingerprint density at radius 1 is 1.10 bits per heavy atom. The summed E-state index contributed by atoms with van der Waals surface area (Å²) in [6.07, 6.45) is 1.52. The van der Waals surface area contributed by atoms with E-state index in [4.69, 9.17) is 11.6 Å². The molecule has 1 aliphatic heterocycles. The first-order valence-corrected chi connectivity index (χ1v) is 9.67. The number of benzene rings is 1. The van der Waals surface area contributed by atoms with Gasteiger partial charge in [0.05, 0.1) is 10.8 Å². The Labute approximate surface area is 134 Å². The number of hydrogen-bond donors (Lipinski definition) is 0. The number of alkyl halides is 1. The largest absolute Gasteiger partial charge is 0.244 e. The molecule has 0 bridgehead atoms. The molecule has 0 N–H and O–H groups in total. The molecule has 1 aromatic heterocycles. The van der Waals surface area contributed by atoms with Crippen LogP contribution in [0.1, 0.15) is 16.0 Å². The molecule has 2 heterocycles. The smallest absolute Gasteiger partial charge is 0.207 e. The van der Waals surface area contributed by atoms with E-state index in [-0.39, 0.29) is 5.88 Å². The molecule has 2 aromatic rings. The van der Waals surface area contributed by atoms with Gasteiger partial charge in [-0.3, -0.25) is 0 Å². The SMILES string of the molecule is O=S(=O)(c1ccsc1CCl)N1CCc2ccccc2CC1. The number of fused-ring (bicyclic) bond motifs is 1. The number of halogens is 1. The predicted octanol–water partition coefficient (Wildman–Crippen LogP) is 3.28. The maximum atomic E-state index is 12.8. The second-order valence-corrected chi connectivity index (χ2v) is 8.19. The van der Waals surface area contributed by atoms with Gasteiger partial charge in [-0.15, -0.1) is 22.9 Å². The first kappa shape index (κ1) is 15.0. The van der Waals surface area contributed by atoms with Crippen molar-refractivity contribution in [1.29, 1.82) is 0 Å². The van der Waals surface area contributed by atoms with Crippen molar-refractivity contribution in [2.75, 3.05) is 13.1 Å². The van der Waals surface area contributed by atoms with E-state index in [0.29, 0.717) is 18.0 Å². The van der Waals surface area contributed by atoms with Gasteiger partial charge in [-0.2, -0.15) is 4.31 Å². The number of nitrogens with zero attached hydrogens (tertiary/aromatic N) is 1. The van der Waals surface area contributed by atoms with E-state index in [2.05, 4.69) is 12.1 Å². The van der Waals surface area contributed by atoms with Crippen LogP contribution in [0, 0.1) is 0 Å². The molecule has 1 aliphatic rings. The second-order valence-electron chi connectivity index (χ2n) is 5.01. The molecule has 0 radical (unpaired) electrons. The fraction of sp³-hybridized carbons (Fsp3) is 0.333. The summed E-state index contributed by atoms with van der Waals surface area (Å²) in [7, 11) is -3.44. The number of hydrogen-bond acceptors (Lipinski definition) is 3. The Kier molecular flexibility index (Phi) is 4.36.